The summed E-state index contributed by atoms with van der Waals surface area (Å²) in [6.45, 7) is -0.278. The lowest BCUT2D eigenvalue weighted by atomic mass is 10.3. The molecule has 0 heterocycles. The number of carbonyl (C=O) groups is 1. The molecule has 0 bridgehead atoms. The Labute approximate surface area is 63.9 Å². The van der Waals surface area contributed by atoms with Crippen molar-refractivity contribution >= 4 is 5.97 Å². The Hall–Kier alpha value is -0.680. The number of rotatable bonds is 4. The quantitative estimate of drug-likeness (QED) is 0.590. The van der Waals surface area contributed by atoms with Crippen molar-refractivity contribution in [3.8, 4) is 0 Å². The first kappa shape index (κ1) is 10.3. The third-order valence-electron chi connectivity index (χ3n) is 1.09. The minimum absolute atomic E-state index is 0.588. The van der Waals surface area contributed by atoms with E-state index in [-0.39, 0.29) is 0 Å². The van der Waals surface area contributed by atoms with E-state index in [1.807, 2.05) is 0 Å². The lowest BCUT2D eigenvalue weighted by Gasteiger charge is -2.19. The smallest absolute Gasteiger partial charge is 0.302 e. The highest BCUT2D eigenvalue weighted by atomic mass is 19.2. The van der Waals surface area contributed by atoms with E-state index < -0.39 is 25.0 Å². The van der Waals surface area contributed by atoms with E-state index in [1.54, 1.807) is 0 Å². The van der Waals surface area contributed by atoms with Crippen LogP contribution in [-0.2, 0) is 14.3 Å². The van der Waals surface area contributed by atoms with Crippen molar-refractivity contribution < 1.29 is 23.8 Å². The molecule has 1 atom stereocenters. The molecule has 0 aliphatic carbocycles. The molecule has 0 rings (SSSR count). The Bertz CT molecular complexity index is 133. The topological polar surface area (TPSA) is 55.8 Å². The first-order valence-electron chi connectivity index (χ1n) is 3.02. The van der Waals surface area contributed by atoms with Crippen LogP contribution in [0.5, 0.6) is 0 Å². The first-order chi connectivity index (χ1) is 5.04. The molecule has 5 heteroatoms. The maximum absolute atomic E-state index is 12.9. The summed E-state index contributed by atoms with van der Waals surface area (Å²) in [6, 6.07) is 0. The van der Waals surface area contributed by atoms with Crippen LogP contribution in [0.15, 0.2) is 0 Å². The van der Waals surface area contributed by atoms with Crippen LogP contribution >= 0.6 is 0 Å². The van der Waals surface area contributed by atoms with Gasteiger partial charge in [0.2, 0.25) is 0 Å². The number of alkyl halides is 1. The van der Waals surface area contributed by atoms with Crippen molar-refractivity contribution in [1.29, 1.82) is 0 Å². The highest BCUT2D eigenvalue weighted by molar-refractivity contribution is 5.65. The second-order valence-electron chi connectivity index (χ2n) is 2.03. The van der Waals surface area contributed by atoms with Gasteiger partial charge in [0.25, 0.3) is 5.85 Å². The standard InChI is InChI=1S/C6H11FO4/c1-5(9)11-4-6(7,3-8)10-2/h8H,3-4H2,1-2H3. The van der Waals surface area contributed by atoms with Gasteiger partial charge in [0.1, 0.15) is 6.61 Å². The van der Waals surface area contributed by atoms with Gasteiger partial charge in [0, 0.05) is 14.0 Å². The maximum Gasteiger partial charge on any atom is 0.302 e. The molecule has 0 saturated carbocycles. The Morgan fingerprint density at radius 3 is 2.55 bits per heavy atom. The Kier molecular flexibility index (Phi) is 3.99. The molecule has 1 unspecified atom stereocenters. The second kappa shape index (κ2) is 4.25. The average molecular weight is 166 g/mol. The van der Waals surface area contributed by atoms with Crippen LogP contribution in [0.3, 0.4) is 0 Å². The van der Waals surface area contributed by atoms with Gasteiger partial charge in [0.05, 0.1) is 0 Å². The zero-order valence-corrected chi connectivity index (χ0v) is 6.46. The van der Waals surface area contributed by atoms with Crippen molar-refractivity contribution in [3.05, 3.63) is 0 Å². The van der Waals surface area contributed by atoms with Crippen LogP contribution in [-0.4, -0.2) is 37.3 Å². The molecule has 0 aromatic heterocycles. The number of esters is 1. The second-order valence-corrected chi connectivity index (χ2v) is 2.03. The van der Waals surface area contributed by atoms with Gasteiger partial charge in [-0.05, 0) is 0 Å². The van der Waals surface area contributed by atoms with Crippen molar-refractivity contribution in [2.75, 3.05) is 20.3 Å². The lowest BCUT2D eigenvalue weighted by molar-refractivity contribution is -0.191. The van der Waals surface area contributed by atoms with Gasteiger partial charge in [-0.3, -0.25) is 4.79 Å². The van der Waals surface area contributed by atoms with Crippen molar-refractivity contribution in [2.45, 2.75) is 12.8 Å². The molecule has 4 nitrogen and oxygen atoms in total. The van der Waals surface area contributed by atoms with E-state index in [1.165, 1.54) is 0 Å². The van der Waals surface area contributed by atoms with Crippen molar-refractivity contribution in [1.82, 2.24) is 0 Å². The summed E-state index contributed by atoms with van der Waals surface area (Å²) in [6.07, 6.45) is 0. The lowest BCUT2D eigenvalue weighted by Crippen LogP contribution is -2.36. The number of carbonyl (C=O) groups excluding carboxylic acids is 1. The van der Waals surface area contributed by atoms with Crippen LogP contribution in [0, 0.1) is 0 Å². The molecule has 0 aliphatic heterocycles. The molecule has 0 amide bonds. The number of aliphatic hydroxyl groups excluding tert-OH is 1. The molecular formula is C6H11FO4. The van der Waals surface area contributed by atoms with E-state index in [0.29, 0.717) is 0 Å². The summed E-state index contributed by atoms with van der Waals surface area (Å²) >= 11 is 0. The number of halogens is 1. The number of aliphatic hydroxyl groups is 1. The first-order valence-corrected chi connectivity index (χ1v) is 3.02. The zero-order valence-electron chi connectivity index (χ0n) is 6.46. The van der Waals surface area contributed by atoms with E-state index in [9.17, 15) is 9.18 Å². The van der Waals surface area contributed by atoms with Gasteiger partial charge in [-0.2, -0.15) is 0 Å². The molecule has 0 aromatic carbocycles. The minimum Gasteiger partial charge on any atom is -0.460 e. The molecular weight excluding hydrogens is 155 g/mol. The molecule has 0 saturated heterocycles. The maximum atomic E-state index is 12.9. The van der Waals surface area contributed by atoms with Crippen LogP contribution in [0.25, 0.3) is 0 Å². The van der Waals surface area contributed by atoms with E-state index in [0.717, 1.165) is 14.0 Å². The fraction of sp³-hybridized carbons (Fsp3) is 0.833. The van der Waals surface area contributed by atoms with Gasteiger partial charge < -0.3 is 14.6 Å². The molecule has 0 aromatic rings. The molecule has 0 radical (unpaired) electrons. The van der Waals surface area contributed by atoms with E-state index >= 15 is 0 Å². The summed E-state index contributed by atoms with van der Waals surface area (Å²) in [5, 5.41) is 8.41. The average Bonchev–Trinajstić information content (AvgIpc) is 2.00. The summed E-state index contributed by atoms with van der Waals surface area (Å²) in [5.74, 6) is -2.89. The van der Waals surface area contributed by atoms with Crippen LogP contribution in [0.4, 0.5) is 4.39 Å². The van der Waals surface area contributed by atoms with Gasteiger partial charge in [-0.1, -0.05) is 0 Å². The molecule has 66 valence electrons. The number of ether oxygens (including phenoxy) is 2. The summed E-state index contributed by atoms with van der Waals surface area (Å²) in [4.78, 5) is 10.2. The van der Waals surface area contributed by atoms with Crippen LogP contribution in [0.2, 0.25) is 0 Å². The fourth-order valence-corrected chi connectivity index (χ4v) is 0.379. The molecule has 0 aliphatic rings. The molecule has 1 N–H and O–H groups in total. The molecule has 0 spiro atoms. The number of methoxy groups -OCH3 is 1. The van der Waals surface area contributed by atoms with Gasteiger partial charge in [0.15, 0.2) is 6.61 Å². The third kappa shape index (κ3) is 3.90. The Morgan fingerprint density at radius 2 is 2.27 bits per heavy atom. The predicted molar refractivity (Wildman–Crippen MR) is 34.6 cm³/mol. The minimum atomic E-state index is -2.27. The third-order valence-corrected chi connectivity index (χ3v) is 1.09. The normalized spacial score (nSPS) is 15.6. The fourth-order valence-electron chi connectivity index (χ4n) is 0.379. The van der Waals surface area contributed by atoms with Crippen LogP contribution in [0.1, 0.15) is 6.92 Å². The van der Waals surface area contributed by atoms with Crippen LogP contribution < -0.4 is 0 Å². The highest BCUT2D eigenvalue weighted by Gasteiger charge is 2.29. The number of hydrogen-bond acceptors (Lipinski definition) is 4. The SMILES string of the molecule is COC(F)(CO)COC(C)=O. The van der Waals surface area contributed by atoms with Crippen molar-refractivity contribution in [3.63, 3.8) is 0 Å². The van der Waals surface area contributed by atoms with Crippen molar-refractivity contribution in [2.24, 2.45) is 0 Å². The van der Waals surface area contributed by atoms with Gasteiger partial charge in [-0.25, -0.2) is 4.39 Å². The summed E-state index contributed by atoms with van der Waals surface area (Å²) in [7, 11) is 1.08. The monoisotopic (exact) mass is 166 g/mol. The van der Waals surface area contributed by atoms with Gasteiger partial charge >= 0.3 is 5.97 Å². The Morgan fingerprint density at radius 1 is 1.73 bits per heavy atom. The molecule has 0 fully saturated rings. The molecule has 11 heavy (non-hydrogen) atoms. The van der Waals surface area contributed by atoms with E-state index in [2.05, 4.69) is 9.47 Å². The number of hydrogen-bond donors (Lipinski definition) is 1. The van der Waals surface area contributed by atoms with E-state index in [4.69, 9.17) is 5.11 Å². The largest absolute Gasteiger partial charge is 0.460 e. The Balaban J connectivity index is 3.78. The zero-order chi connectivity index (χ0) is 8.91. The summed E-state index contributed by atoms with van der Waals surface area (Å²) < 4.78 is 21.4. The highest BCUT2D eigenvalue weighted by Crippen LogP contribution is 2.10. The predicted octanol–water partition coefficient (Wildman–Crippen LogP) is -0.146. The summed E-state index contributed by atoms with van der Waals surface area (Å²) in [5.41, 5.74) is 0. The van der Waals surface area contributed by atoms with Gasteiger partial charge in [-0.15, -0.1) is 0 Å².